The molecule has 2 heterocycles. The zero-order valence-electron chi connectivity index (χ0n) is 11.8. The Kier molecular flexibility index (Phi) is 4.75. The second-order valence-corrected chi connectivity index (χ2v) is 6.61. The number of aromatic nitrogens is 1. The molecule has 20 heavy (non-hydrogen) atoms. The quantitative estimate of drug-likeness (QED) is 0.927. The van der Waals surface area contributed by atoms with Gasteiger partial charge in [0.2, 0.25) is 0 Å². The number of thiazole rings is 1. The first-order valence-electron chi connectivity index (χ1n) is 6.94. The van der Waals surface area contributed by atoms with Crippen LogP contribution in [0.1, 0.15) is 53.7 Å². The lowest BCUT2D eigenvalue weighted by Gasteiger charge is -2.30. The number of carbonyl (C=O) groups is 2. The number of aliphatic carboxylic acids is 1. The molecular weight excluding hydrogens is 276 g/mol. The van der Waals surface area contributed by atoms with Crippen LogP contribution in [0.3, 0.4) is 0 Å². The molecule has 2 rings (SSSR count). The Morgan fingerprint density at radius 1 is 1.45 bits per heavy atom. The minimum Gasteiger partial charge on any atom is -0.481 e. The van der Waals surface area contributed by atoms with Gasteiger partial charge in [-0.3, -0.25) is 9.59 Å². The standard InChI is InChI=1S/C14H20N2O3S/c1-9(2)13-15-8-11(20-13)14(19)16-5-3-10(4-6-16)7-12(17)18/h8-10H,3-7H2,1-2H3,(H,17,18). The van der Waals surface area contributed by atoms with Gasteiger partial charge in [0.15, 0.2) is 0 Å². The van der Waals surface area contributed by atoms with Crippen LogP contribution in [-0.2, 0) is 4.79 Å². The van der Waals surface area contributed by atoms with Gasteiger partial charge in [-0.15, -0.1) is 11.3 Å². The van der Waals surface area contributed by atoms with Crippen molar-refractivity contribution in [3.63, 3.8) is 0 Å². The Balaban J connectivity index is 1.92. The molecule has 0 saturated carbocycles. The van der Waals surface area contributed by atoms with Crippen molar-refractivity contribution < 1.29 is 14.7 Å². The van der Waals surface area contributed by atoms with E-state index in [-0.39, 0.29) is 18.2 Å². The number of likely N-dealkylation sites (tertiary alicyclic amines) is 1. The number of carboxylic acids is 1. The second kappa shape index (κ2) is 6.35. The van der Waals surface area contributed by atoms with E-state index in [0.717, 1.165) is 17.8 Å². The predicted molar refractivity (Wildman–Crippen MR) is 77.1 cm³/mol. The number of hydrogen-bond donors (Lipinski definition) is 1. The second-order valence-electron chi connectivity index (χ2n) is 5.55. The molecule has 1 aromatic heterocycles. The van der Waals surface area contributed by atoms with Crippen LogP contribution in [0.4, 0.5) is 0 Å². The molecule has 1 N–H and O–H groups in total. The van der Waals surface area contributed by atoms with Crippen LogP contribution in [0.5, 0.6) is 0 Å². The van der Waals surface area contributed by atoms with Crippen molar-refractivity contribution in [2.45, 2.75) is 39.0 Å². The number of piperidine rings is 1. The van der Waals surface area contributed by atoms with Crippen molar-refractivity contribution in [1.82, 2.24) is 9.88 Å². The molecule has 0 atom stereocenters. The van der Waals surface area contributed by atoms with Gasteiger partial charge in [0.25, 0.3) is 5.91 Å². The van der Waals surface area contributed by atoms with Crippen molar-refractivity contribution >= 4 is 23.2 Å². The van der Waals surface area contributed by atoms with Crippen LogP contribution < -0.4 is 0 Å². The number of amides is 1. The average Bonchev–Trinajstić information content (AvgIpc) is 2.88. The third kappa shape index (κ3) is 3.56. The normalized spacial score (nSPS) is 16.6. The van der Waals surface area contributed by atoms with Crippen molar-refractivity contribution in [1.29, 1.82) is 0 Å². The lowest BCUT2D eigenvalue weighted by molar-refractivity contribution is -0.138. The van der Waals surface area contributed by atoms with Gasteiger partial charge < -0.3 is 10.0 Å². The van der Waals surface area contributed by atoms with Gasteiger partial charge in [-0.05, 0) is 18.8 Å². The van der Waals surface area contributed by atoms with Crippen LogP contribution in [-0.4, -0.2) is 40.0 Å². The molecule has 0 spiro atoms. The van der Waals surface area contributed by atoms with Gasteiger partial charge >= 0.3 is 5.97 Å². The van der Waals surface area contributed by atoms with Gasteiger partial charge in [-0.25, -0.2) is 4.98 Å². The first-order valence-corrected chi connectivity index (χ1v) is 7.75. The topological polar surface area (TPSA) is 70.5 Å². The lowest BCUT2D eigenvalue weighted by atomic mass is 9.93. The van der Waals surface area contributed by atoms with Crippen molar-refractivity contribution in [3.05, 3.63) is 16.1 Å². The first kappa shape index (κ1) is 15.0. The number of hydrogen-bond acceptors (Lipinski definition) is 4. The summed E-state index contributed by atoms with van der Waals surface area (Å²) in [4.78, 5) is 29.8. The molecule has 0 aromatic carbocycles. The fourth-order valence-corrected chi connectivity index (χ4v) is 3.28. The summed E-state index contributed by atoms with van der Waals surface area (Å²) >= 11 is 1.46. The predicted octanol–water partition coefficient (Wildman–Crippen LogP) is 2.59. The maximum absolute atomic E-state index is 12.3. The highest BCUT2D eigenvalue weighted by molar-refractivity contribution is 7.13. The van der Waals surface area contributed by atoms with Crippen LogP contribution >= 0.6 is 11.3 Å². The monoisotopic (exact) mass is 296 g/mol. The Labute approximate surface area is 122 Å². The Morgan fingerprint density at radius 3 is 2.60 bits per heavy atom. The minimum absolute atomic E-state index is 0.0307. The zero-order chi connectivity index (χ0) is 14.7. The molecule has 1 saturated heterocycles. The summed E-state index contributed by atoms with van der Waals surface area (Å²) in [5.41, 5.74) is 0. The molecule has 0 radical (unpaired) electrons. The molecule has 1 amide bonds. The Bertz CT molecular complexity index is 490. The molecule has 1 aromatic rings. The highest BCUT2D eigenvalue weighted by atomic mass is 32.1. The van der Waals surface area contributed by atoms with Gasteiger partial charge in [-0.1, -0.05) is 13.8 Å². The van der Waals surface area contributed by atoms with Crippen LogP contribution in [0, 0.1) is 5.92 Å². The molecule has 6 heteroatoms. The van der Waals surface area contributed by atoms with E-state index in [1.807, 2.05) is 4.90 Å². The first-order chi connectivity index (χ1) is 9.47. The summed E-state index contributed by atoms with van der Waals surface area (Å²) in [5.74, 6) is -0.186. The Morgan fingerprint density at radius 2 is 2.10 bits per heavy atom. The van der Waals surface area contributed by atoms with Gasteiger partial charge in [0.1, 0.15) is 4.88 Å². The molecule has 1 aliphatic heterocycles. The molecule has 1 aliphatic rings. The fraction of sp³-hybridized carbons (Fsp3) is 0.643. The van der Waals surface area contributed by atoms with E-state index in [1.165, 1.54) is 11.3 Å². The fourth-order valence-electron chi connectivity index (χ4n) is 2.40. The summed E-state index contributed by atoms with van der Waals surface area (Å²) < 4.78 is 0. The summed E-state index contributed by atoms with van der Waals surface area (Å²) in [6.45, 7) is 5.41. The van der Waals surface area contributed by atoms with E-state index in [2.05, 4.69) is 18.8 Å². The van der Waals surface area contributed by atoms with Crippen LogP contribution in [0.15, 0.2) is 6.20 Å². The number of carbonyl (C=O) groups excluding carboxylic acids is 1. The van der Waals surface area contributed by atoms with Crippen molar-refractivity contribution in [2.75, 3.05) is 13.1 Å². The third-order valence-corrected chi connectivity index (χ3v) is 4.88. The molecule has 0 bridgehead atoms. The highest BCUT2D eigenvalue weighted by Gasteiger charge is 2.26. The Hall–Kier alpha value is -1.43. The van der Waals surface area contributed by atoms with Crippen molar-refractivity contribution in [2.24, 2.45) is 5.92 Å². The van der Waals surface area contributed by atoms with Crippen molar-refractivity contribution in [3.8, 4) is 0 Å². The highest BCUT2D eigenvalue weighted by Crippen LogP contribution is 2.25. The van der Waals surface area contributed by atoms with Gasteiger partial charge in [0.05, 0.1) is 11.2 Å². The number of nitrogens with zero attached hydrogens (tertiary/aromatic N) is 2. The van der Waals surface area contributed by atoms with E-state index < -0.39 is 5.97 Å². The van der Waals surface area contributed by atoms with E-state index in [0.29, 0.717) is 23.9 Å². The van der Waals surface area contributed by atoms with Crippen LogP contribution in [0.25, 0.3) is 0 Å². The minimum atomic E-state index is -0.751. The molecule has 5 nitrogen and oxygen atoms in total. The van der Waals surface area contributed by atoms with E-state index in [1.54, 1.807) is 6.20 Å². The summed E-state index contributed by atoms with van der Waals surface area (Å²) in [6.07, 6.45) is 3.41. The SMILES string of the molecule is CC(C)c1ncc(C(=O)N2CCC(CC(=O)O)CC2)s1. The number of rotatable bonds is 4. The summed E-state index contributed by atoms with van der Waals surface area (Å²) in [5, 5.41) is 9.77. The molecule has 110 valence electrons. The molecule has 0 unspecified atom stereocenters. The van der Waals surface area contributed by atoms with Gasteiger partial charge in [-0.2, -0.15) is 0 Å². The van der Waals surface area contributed by atoms with E-state index in [4.69, 9.17) is 5.11 Å². The zero-order valence-corrected chi connectivity index (χ0v) is 12.7. The number of carboxylic acid groups (broad SMARTS) is 1. The maximum Gasteiger partial charge on any atom is 0.303 e. The molecular formula is C14H20N2O3S. The van der Waals surface area contributed by atoms with E-state index >= 15 is 0 Å². The smallest absolute Gasteiger partial charge is 0.303 e. The molecule has 1 fully saturated rings. The van der Waals surface area contributed by atoms with Gasteiger partial charge in [0, 0.05) is 25.4 Å². The maximum atomic E-state index is 12.3. The summed E-state index contributed by atoms with van der Waals surface area (Å²) in [6, 6.07) is 0. The largest absolute Gasteiger partial charge is 0.481 e. The third-order valence-electron chi connectivity index (χ3n) is 3.59. The average molecular weight is 296 g/mol. The lowest BCUT2D eigenvalue weighted by Crippen LogP contribution is -2.38. The van der Waals surface area contributed by atoms with E-state index in [9.17, 15) is 9.59 Å². The van der Waals surface area contributed by atoms with Crippen LogP contribution in [0.2, 0.25) is 0 Å². The summed E-state index contributed by atoms with van der Waals surface area (Å²) in [7, 11) is 0. The molecule has 0 aliphatic carbocycles.